The van der Waals surface area contributed by atoms with Gasteiger partial charge < -0.3 is 10.5 Å². The highest BCUT2D eigenvalue weighted by Gasteiger charge is 2.18. The second kappa shape index (κ2) is 6.55. The Morgan fingerprint density at radius 1 is 1.31 bits per heavy atom. The number of nitrogens with two attached hydrogens (primary N) is 1. The minimum atomic E-state index is 0.118. The van der Waals surface area contributed by atoms with E-state index in [2.05, 4.69) is 17.8 Å². The maximum absolute atomic E-state index is 6.15. The second-order valence-electron chi connectivity index (χ2n) is 4.80. The number of rotatable bonds is 4. The summed E-state index contributed by atoms with van der Waals surface area (Å²) in [4.78, 5) is 0. The van der Waals surface area contributed by atoms with E-state index in [1.807, 2.05) is 0 Å². The average Bonchev–Trinajstić information content (AvgIpc) is 2.38. The van der Waals surface area contributed by atoms with E-state index in [9.17, 15) is 0 Å². The first kappa shape index (κ1) is 12.3. The summed E-state index contributed by atoms with van der Waals surface area (Å²) < 4.78 is 5.60. The Hall–Kier alpha value is -0.150. The van der Waals surface area contributed by atoms with E-state index in [4.69, 9.17) is 10.5 Å². The summed E-state index contributed by atoms with van der Waals surface area (Å²) in [5.74, 6) is 2.06. The van der Waals surface area contributed by atoms with E-state index < -0.39 is 0 Å². The van der Waals surface area contributed by atoms with E-state index in [1.165, 1.54) is 32.1 Å². The van der Waals surface area contributed by atoms with Crippen LogP contribution in [0.2, 0.25) is 0 Å². The molecular weight excluding hydrogens is 218 g/mol. The van der Waals surface area contributed by atoms with Crippen molar-refractivity contribution < 1.29 is 4.74 Å². The summed E-state index contributed by atoms with van der Waals surface area (Å²) in [5.41, 5.74) is 6.15. The number of hydrogen-bond donors (Lipinski definition) is 1. The van der Waals surface area contributed by atoms with Gasteiger partial charge in [0.1, 0.15) is 5.76 Å². The minimum Gasteiger partial charge on any atom is -0.497 e. The van der Waals surface area contributed by atoms with Crippen LogP contribution in [0, 0.1) is 0 Å². The van der Waals surface area contributed by atoms with Crippen LogP contribution < -0.4 is 5.73 Å². The predicted molar refractivity (Wildman–Crippen MR) is 70.6 cm³/mol. The maximum Gasteiger partial charge on any atom is 0.110 e. The molecule has 0 aromatic rings. The first-order valence-electron chi connectivity index (χ1n) is 6.56. The molecule has 0 aromatic heterocycles. The monoisotopic (exact) mass is 241 g/mol. The molecule has 0 amide bonds. The molecule has 0 bridgehead atoms. The fourth-order valence-electron chi connectivity index (χ4n) is 2.39. The molecule has 0 aromatic carbocycles. The van der Waals surface area contributed by atoms with Crippen LogP contribution in [0.1, 0.15) is 44.9 Å². The second-order valence-corrected chi connectivity index (χ2v) is 6.13. The fraction of sp³-hybridized carbons (Fsp3) is 0.846. The molecule has 1 saturated carbocycles. The van der Waals surface area contributed by atoms with Gasteiger partial charge >= 0.3 is 0 Å². The third-order valence-corrected chi connectivity index (χ3v) is 4.89. The van der Waals surface area contributed by atoms with Crippen molar-refractivity contribution >= 4 is 11.8 Å². The lowest BCUT2D eigenvalue weighted by atomic mass is 10.0. The highest BCUT2D eigenvalue weighted by atomic mass is 32.2. The molecule has 16 heavy (non-hydrogen) atoms. The van der Waals surface area contributed by atoms with Crippen molar-refractivity contribution in [1.82, 2.24) is 0 Å². The van der Waals surface area contributed by atoms with Gasteiger partial charge in [0.05, 0.1) is 12.6 Å². The molecule has 2 aliphatic rings. The Labute approximate surface area is 103 Å². The molecule has 1 fully saturated rings. The van der Waals surface area contributed by atoms with Crippen LogP contribution in [0.3, 0.4) is 0 Å². The summed E-state index contributed by atoms with van der Waals surface area (Å²) in [5, 5.41) is 0.851. The first-order chi connectivity index (χ1) is 7.86. The van der Waals surface area contributed by atoms with Crippen LogP contribution in [-0.4, -0.2) is 23.7 Å². The van der Waals surface area contributed by atoms with Gasteiger partial charge in [0.2, 0.25) is 0 Å². The van der Waals surface area contributed by atoms with Gasteiger partial charge in [0.15, 0.2) is 0 Å². The molecule has 2 N–H and O–H groups in total. The molecule has 0 radical (unpaired) electrons. The average molecular weight is 241 g/mol. The van der Waals surface area contributed by atoms with E-state index >= 15 is 0 Å². The Kier molecular flexibility index (Phi) is 5.04. The molecule has 0 spiro atoms. The van der Waals surface area contributed by atoms with Crippen LogP contribution in [0.4, 0.5) is 0 Å². The van der Waals surface area contributed by atoms with Gasteiger partial charge in [-0.15, -0.1) is 0 Å². The van der Waals surface area contributed by atoms with Crippen molar-refractivity contribution in [2.24, 2.45) is 5.73 Å². The van der Waals surface area contributed by atoms with Gasteiger partial charge in [0, 0.05) is 11.0 Å². The smallest absolute Gasteiger partial charge is 0.110 e. The Morgan fingerprint density at radius 3 is 2.81 bits per heavy atom. The molecule has 3 heteroatoms. The molecular formula is C13H23NOS. The molecule has 1 aliphatic carbocycles. The minimum absolute atomic E-state index is 0.118. The topological polar surface area (TPSA) is 35.2 Å². The molecule has 2 nitrogen and oxygen atoms in total. The molecule has 2 rings (SSSR count). The van der Waals surface area contributed by atoms with Crippen LogP contribution >= 0.6 is 11.8 Å². The number of hydrogen-bond acceptors (Lipinski definition) is 3. The van der Waals surface area contributed by atoms with Gasteiger partial charge in [-0.1, -0.05) is 19.3 Å². The fourth-order valence-corrected chi connectivity index (χ4v) is 3.70. The van der Waals surface area contributed by atoms with Crippen LogP contribution in [-0.2, 0) is 4.74 Å². The number of ether oxygens (including phenoxy) is 1. The zero-order valence-electron chi connectivity index (χ0n) is 9.99. The predicted octanol–water partition coefficient (Wildman–Crippen LogP) is 3.07. The van der Waals surface area contributed by atoms with Crippen molar-refractivity contribution in [1.29, 1.82) is 0 Å². The van der Waals surface area contributed by atoms with Crippen molar-refractivity contribution in [2.45, 2.75) is 56.2 Å². The third-order valence-electron chi connectivity index (χ3n) is 3.39. The summed E-state index contributed by atoms with van der Waals surface area (Å²) >= 11 is 2.05. The van der Waals surface area contributed by atoms with Gasteiger partial charge in [-0.2, -0.15) is 11.8 Å². The first-order valence-corrected chi connectivity index (χ1v) is 7.61. The molecule has 1 unspecified atom stereocenters. The van der Waals surface area contributed by atoms with Crippen LogP contribution in [0.25, 0.3) is 0 Å². The lowest BCUT2D eigenvalue weighted by molar-refractivity contribution is 0.179. The highest BCUT2D eigenvalue weighted by molar-refractivity contribution is 7.99. The highest BCUT2D eigenvalue weighted by Crippen LogP contribution is 2.29. The van der Waals surface area contributed by atoms with Gasteiger partial charge in [-0.05, 0) is 31.8 Å². The van der Waals surface area contributed by atoms with E-state index in [-0.39, 0.29) is 6.04 Å². The van der Waals surface area contributed by atoms with Crippen LogP contribution in [0.5, 0.6) is 0 Å². The maximum atomic E-state index is 6.15. The number of thioether (sulfide) groups is 1. The summed E-state index contributed by atoms with van der Waals surface area (Å²) in [6.45, 7) is 0.855. The largest absolute Gasteiger partial charge is 0.497 e. The quantitative estimate of drug-likeness (QED) is 0.821. The Bertz CT molecular complexity index is 236. The van der Waals surface area contributed by atoms with Crippen molar-refractivity contribution in [3.05, 3.63) is 11.8 Å². The molecule has 1 aliphatic heterocycles. The zero-order valence-corrected chi connectivity index (χ0v) is 10.8. The standard InChI is InChI=1S/C13H23NOS/c14-12(13-8-4-5-9-15-13)10-16-11-6-2-1-3-7-11/h8,11-12H,1-7,9-10,14H2. The van der Waals surface area contributed by atoms with Gasteiger partial charge in [-0.25, -0.2) is 0 Å². The van der Waals surface area contributed by atoms with Gasteiger partial charge in [0.25, 0.3) is 0 Å². The Balaban J connectivity index is 1.69. The summed E-state index contributed by atoms with van der Waals surface area (Å²) in [7, 11) is 0. The van der Waals surface area contributed by atoms with E-state index in [1.54, 1.807) is 0 Å². The molecule has 0 saturated heterocycles. The summed E-state index contributed by atoms with van der Waals surface area (Å²) in [6.07, 6.45) is 11.5. The molecule has 92 valence electrons. The normalized spacial score (nSPS) is 24.7. The summed E-state index contributed by atoms with van der Waals surface area (Å²) in [6, 6.07) is 0.118. The van der Waals surface area contributed by atoms with Crippen LogP contribution in [0.15, 0.2) is 11.8 Å². The van der Waals surface area contributed by atoms with Crippen molar-refractivity contribution in [3.63, 3.8) is 0 Å². The SMILES string of the molecule is NC(CSC1CCCCC1)C1=CCCCO1. The van der Waals surface area contributed by atoms with Crippen molar-refractivity contribution in [3.8, 4) is 0 Å². The molecule has 1 atom stereocenters. The Morgan fingerprint density at radius 2 is 2.12 bits per heavy atom. The zero-order chi connectivity index (χ0) is 11.2. The van der Waals surface area contributed by atoms with E-state index in [0.717, 1.165) is 36.2 Å². The van der Waals surface area contributed by atoms with Crippen molar-refractivity contribution in [2.75, 3.05) is 12.4 Å². The van der Waals surface area contributed by atoms with Gasteiger partial charge in [-0.3, -0.25) is 0 Å². The number of allylic oxidation sites excluding steroid dienone is 1. The third kappa shape index (κ3) is 3.70. The molecule has 1 heterocycles. The lowest BCUT2D eigenvalue weighted by Crippen LogP contribution is -2.29. The lowest BCUT2D eigenvalue weighted by Gasteiger charge is -2.24. The van der Waals surface area contributed by atoms with E-state index in [0.29, 0.717) is 0 Å².